The van der Waals surface area contributed by atoms with Gasteiger partial charge in [-0.1, -0.05) is 20.8 Å². The second kappa shape index (κ2) is 22.6. The number of fused-ring (bicyclic) bond motifs is 7. The summed E-state index contributed by atoms with van der Waals surface area (Å²) in [6, 6.07) is 0. The number of aliphatic hydroxyl groups excluding tert-OH is 13. The highest BCUT2D eigenvalue weighted by atomic mass is 16.8. The van der Waals surface area contributed by atoms with Crippen molar-refractivity contribution in [2.24, 2.45) is 46.3 Å². The van der Waals surface area contributed by atoms with Gasteiger partial charge in [0.1, 0.15) is 91.6 Å². The minimum Gasteiger partial charge on any atom is -0.394 e. The van der Waals surface area contributed by atoms with Gasteiger partial charge in [-0.05, 0) is 112 Å². The molecule has 74 heavy (non-hydrogen) atoms. The summed E-state index contributed by atoms with van der Waals surface area (Å²) in [6.45, 7) is 8.45. The molecule has 5 aliphatic heterocycles. The quantitative estimate of drug-likeness (QED) is 0.0753. The molecule has 5 heterocycles. The van der Waals surface area contributed by atoms with E-state index < -0.39 is 155 Å². The van der Waals surface area contributed by atoms with Crippen molar-refractivity contribution in [2.75, 3.05) is 26.9 Å². The third-order valence-corrected chi connectivity index (χ3v) is 20.1. The molecule has 5 saturated heterocycles. The summed E-state index contributed by atoms with van der Waals surface area (Å²) in [7, 11) is 1.69. The Balaban J connectivity index is 0.796. The van der Waals surface area contributed by atoms with Crippen LogP contribution in [0.2, 0.25) is 0 Å². The molecule has 0 radical (unpaired) electrons. The zero-order chi connectivity index (χ0) is 53.5. The summed E-state index contributed by atoms with van der Waals surface area (Å²) in [5, 5.41) is 137. The first kappa shape index (κ1) is 57.8. The van der Waals surface area contributed by atoms with E-state index in [2.05, 4.69) is 20.8 Å². The normalized spacial score (nSPS) is 56.0. The van der Waals surface area contributed by atoms with Crippen LogP contribution in [0.4, 0.5) is 0 Å². The SMILES string of the molecule is COC1(CCC(C)O[C@@H]2O[C@H](CO)[C@@H](O)[C@H](O)[C@H]2O)OC2CC3C4CCC5CC(O[C@@H]6O[C@H](CO)[C@@H](O[C@@H]7O[C@@H](C)[C@@H](O)[C@@H](O)[C@H]7O[C@@H]7O[C@H](CO)[C@@H](O)[C@H](O)[C@H]7O)[C@H](O)[C@H]6O)CCC5(C)C4CCC3(C)C2C1C. The molecular weight excluding hydrogens is 981 g/mol. The van der Waals surface area contributed by atoms with Crippen molar-refractivity contribution in [1.82, 2.24) is 0 Å². The fraction of sp³-hybridized carbons (Fsp3) is 1.00. The highest BCUT2D eigenvalue weighted by molar-refractivity contribution is 5.15. The number of rotatable bonds is 15. The summed E-state index contributed by atoms with van der Waals surface area (Å²) < 4.78 is 60.7. The molecule has 23 heteroatoms. The zero-order valence-corrected chi connectivity index (χ0v) is 43.3. The van der Waals surface area contributed by atoms with Gasteiger partial charge in [-0.3, -0.25) is 0 Å². The third kappa shape index (κ3) is 10.1. The summed E-state index contributed by atoms with van der Waals surface area (Å²) in [5.74, 6) is 1.32. The predicted octanol–water partition coefficient (Wildman–Crippen LogP) is -2.52. The van der Waals surface area contributed by atoms with Crippen molar-refractivity contribution >= 4 is 0 Å². The van der Waals surface area contributed by atoms with Crippen molar-refractivity contribution < 1.29 is 114 Å². The van der Waals surface area contributed by atoms with Crippen LogP contribution in [0.25, 0.3) is 0 Å². The Morgan fingerprint density at radius 1 is 0.554 bits per heavy atom. The lowest BCUT2D eigenvalue weighted by Gasteiger charge is -2.61. The topological polar surface area (TPSA) is 355 Å². The van der Waals surface area contributed by atoms with Crippen LogP contribution in [-0.2, 0) is 47.4 Å². The lowest BCUT2D eigenvalue weighted by atomic mass is 9.44. The highest BCUT2D eigenvalue weighted by Crippen LogP contribution is 2.71. The van der Waals surface area contributed by atoms with Crippen LogP contribution in [0, 0.1) is 46.3 Å². The molecule has 4 saturated carbocycles. The number of methoxy groups -OCH3 is 1. The zero-order valence-electron chi connectivity index (χ0n) is 43.3. The van der Waals surface area contributed by atoms with Gasteiger partial charge in [-0.25, -0.2) is 0 Å². The van der Waals surface area contributed by atoms with Crippen molar-refractivity contribution in [2.45, 2.75) is 246 Å². The predicted molar refractivity (Wildman–Crippen MR) is 250 cm³/mol. The van der Waals surface area contributed by atoms with Crippen molar-refractivity contribution in [3.63, 3.8) is 0 Å². The smallest absolute Gasteiger partial charge is 0.187 e. The second-order valence-corrected chi connectivity index (χ2v) is 23.9. The van der Waals surface area contributed by atoms with Crippen LogP contribution in [0.15, 0.2) is 0 Å². The molecule has 9 fully saturated rings. The van der Waals surface area contributed by atoms with Crippen molar-refractivity contribution in [3.05, 3.63) is 0 Å². The highest BCUT2D eigenvalue weighted by Gasteiger charge is 2.69. The number of aliphatic hydroxyl groups is 13. The average Bonchev–Trinajstić information content (AvgIpc) is 3.85. The molecule has 0 aromatic carbocycles. The van der Waals surface area contributed by atoms with Crippen LogP contribution in [0.1, 0.15) is 98.8 Å². The first-order chi connectivity index (χ1) is 35.1. The van der Waals surface area contributed by atoms with E-state index in [1.807, 2.05) is 6.92 Å². The molecule has 9 rings (SSSR count). The molecule has 0 spiro atoms. The molecule has 4 aliphatic carbocycles. The molecule has 0 aromatic rings. The van der Waals surface area contributed by atoms with Gasteiger partial charge < -0.3 is 114 Å². The molecule has 23 nitrogen and oxygen atoms in total. The minimum absolute atomic E-state index is 0.0181. The molecule has 9 aliphatic rings. The summed E-state index contributed by atoms with van der Waals surface area (Å²) in [4.78, 5) is 0. The lowest BCUT2D eigenvalue weighted by molar-refractivity contribution is -0.388. The van der Waals surface area contributed by atoms with E-state index in [1.54, 1.807) is 7.11 Å². The maximum absolute atomic E-state index is 11.6. The number of hydrogen-bond donors (Lipinski definition) is 13. The van der Waals surface area contributed by atoms with Gasteiger partial charge in [0, 0.05) is 19.4 Å². The van der Waals surface area contributed by atoms with E-state index in [4.69, 9.17) is 47.4 Å². The van der Waals surface area contributed by atoms with Crippen LogP contribution in [0.3, 0.4) is 0 Å². The first-order valence-corrected chi connectivity index (χ1v) is 27.2. The van der Waals surface area contributed by atoms with E-state index in [0.717, 1.165) is 44.9 Å². The van der Waals surface area contributed by atoms with Gasteiger partial charge in [0.2, 0.25) is 0 Å². The van der Waals surface area contributed by atoms with E-state index in [9.17, 15) is 66.4 Å². The van der Waals surface area contributed by atoms with E-state index in [0.29, 0.717) is 42.9 Å². The third-order valence-electron chi connectivity index (χ3n) is 20.1. The van der Waals surface area contributed by atoms with Gasteiger partial charge in [0.15, 0.2) is 30.9 Å². The van der Waals surface area contributed by atoms with Gasteiger partial charge in [0.25, 0.3) is 0 Å². The Morgan fingerprint density at radius 2 is 1.12 bits per heavy atom. The van der Waals surface area contributed by atoms with Crippen LogP contribution in [-0.4, -0.2) is 240 Å². The second-order valence-electron chi connectivity index (χ2n) is 23.9. The lowest BCUT2D eigenvalue weighted by Crippen LogP contribution is -2.66. The Bertz CT molecular complexity index is 1850. The van der Waals surface area contributed by atoms with E-state index in [-0.39, 0.29) is 34.9 Å². The molecule has 0 bridgehead atoms. The number of hydrogen-bond acceptors (Lipinski definition) is 23. The molecule has 0 amide bonds. The summed E-state index contributed by atoms with van der Waals surface area (Å²) in [6.07, 6.45) is -22.5. The first-order valence-electron chi connectivity index (χ1n) is 27.2. The largest absolute Gasteiger partial charge is 0.394 e. The van der Waals surface area contributed by atoms with Crippen LogP contribution in [0.5, 0.6) is 0 Å². The van der Waals surface area contributed by atoms with E-state index in [1.165, 1.54) is 6.92 Å². The molecule has 32 atom stereocenters. The van der Waals surface area contributed by atoms with Crippen molar-refractivity contribution in [3.8, 4) is 0 Å². The van der Waals surface area contributed by atoms with E-state index >= 15 is 0 Å². The van der Waals surface area contributed by atoms with Gasteiger partial charge in [0.05, 0.1) is 44.2 Å². The van der Waals surface area contributed by atoms with Gasteiger partial charge >= 0.3 is 0 Å². The maximum atomic E-state index is 11.6. The van der Waals surface area contributed by atoms with Crippen LogP contribution < -0.4 is 0 Å². The fourth-order valence-electron chi connectivity index (χ4n) is 15.8. The molecule has 13 N–H and O–H groups in total. The summed E-state index contributed by atoms with van der Waals surface area (Å²) in [5.41, 5.74) is 0.0809. The van der Waals surface area contributed by atoms with Gasteiger partial charge in [-0.15, -0.1) is 0 Å². The molecular formula is C51H86O23. The maximum Gasteiger partial charge on any atom is 0.187 e. The molecule has 0 aromatic heterocycles. The number of ether oxygens (including phenoxy) is 10. The van der Waals surface area contributed by atoms with Crippen LogP contribution >= 0.6 is 0 Å². The molecule has 428 valence electrons. The standard InChI is InChI=1S/C51H86O23/c1-20(66-45-40(62)36(58)34(56)29(17-52)69-45)9-14-51(65-6)21(2)32-28(74-51)16-27-25-8-7-23-15-24(10-12-49(23,4)26(25)11-13-50(27,32)5)68-46-42(64)39(61)43(31(19-54)71-46)72-48-44(38(60)33(55)22(3)67-48)73-47-41(63)37(59)35(57)30(18-53)70-47/h20-48,52-64H,7-19H2,1-6H3/t20?,21?,22-,23?,24?,25?,26?,27?,28?,29+,30+,31+,32?,33+,34+,35+,36-,37-,38+,39+,40+,41+,42+,43+,44+,45+,46+,47-,48-,49?,50?,51?/m0/s1. The van der Waals surface area contributed by atoms with Gasteiger partial charge in [-0.2, -0.15) is 0 Å². The minimum atomic E-state index is -1.86. The Hall–Kier alpha value is -0.920. The van der Waals surface area contributed by atoms with Crippen molar-refractivity contribution in [1.29, 1.82) is 0 Å². The molecule has 12 unspecified atom stereocenters. The average molecular weight is 1070 g/mol. The summed E-state index contributed by atoms with van der Waals surface area (Å²) >= 11 is 0. The monoisotopic (exact) mass is 1070 g/mol. The Morgan fingerprint density at radius 3 is 1.77 bits per heavy atom. The fourth-order valence-corrected chi connectivity index (χ4v) is 15.8. The Labute approximate surface area is 431 Å². The Kier molecular flexibility index (Phi) is 17.6.